The highest BCUT2D eigenvalue weighted by atomic mass is 79.9. The molecule has 2 aromatic carbocycles. The van der Waals surface area contributed by atoms with Crippen LogP contribution in [0.2, 0.25) is 0 Å². The van der Waals surface area contributed by atoms with E-state index in [9.17, 15) is 28.3 Å². The summed E-state index contributed by atoms with van der Waals surface area (Å²) in [5, 5.41) is 15.4. The number of nitrogens with zero attached hydrogens (tertiary/aromatic N) is 2. The van der Waals surface area contributed by atoms with Crippen molar-refractivity contribution in [3.63, 3.8) is 0 Å². The number of aliphatic hydroxyl groups excluding tert-OH is 1. The number of nitrogens with two attached hydrogens (primary N) is 1. The Balaban J connectivity index is 1.97. The third kappa shape index (κ3) is 9.44. The molecule has 2 atom stereocenters. The normalized spacial score (nSPS) is 12.8. The van der Waals surface area contributed by atoms with Crippen molar-refractivity contribution in [2.75, 3.05) is 31.6 Å². The van der Waals surface area contributed by atoms with Gasteiger partial charge in [-0.15, -0.1) is 0 Å². The molecular weight excluding hydrogens is 636 g/mol. The lowest BCUT2D eigenvalue weighted by Crippen LogP contribution is -2.48. The Morgan fingerprint density at radius 1 is 1.05 bits per heavy atom. The van der Waals surface area contributed by atoms with Crippen LogP contribution >= 0.6 is 15.9 Å². The van der Waals surface area contributed by atoms with Crippen molar-refractivity contribution in [3.05, 3.63) is 83.7 Å². The monoisotopic (exact) mass is 675 g/mol. The topological polar surface area (TPSA) is 130 Å². The third-order valence-electron chi connectivity index (χ3n) is 7.12. The van der Waals surface area contributed by atoms with E-state index in [1.165, 1.54) is 4.90 Å². The zero-order valence-electron chi connectivity index (χ0n) is 25.2. The average molecular weight is 677 g/mol. The molecule has 44 heavy (non-hydrogen) atoms. The summed E-state index contributed by atoms with van der Waals surface area (Å²) in [7, 11) is 0. The summed E-state index contributed by atoms with van der Waals surface area (Å²) in [6.07, 6.45) is 1.82. The minimum Gasteiger partial charge on any atom is -0.387 e. The molecule has 0 fully saturated rings. The van der Waals surface area contributed by atoms with Crippen LogP contribution < -0.4 is 16.4 Å². The van der Waals surface area contributed by atoms with Gasteiger partial charge in [-0.25, -0.2) is 8.78 Å². The van der Waals surface area contributed by atoms with Gasteiger partial charge in [0, 0.05) is 49.2 Å². The number of aromatic nitrogens is 1. The van der Waals surface area contributed by atoms with E-state index in [2.05, 4.69) is 26.6 Å². The van der Waals surface area contributed by atoms with E-state index >= 15 is 0 Å². The lowest BCUT2D eigenvalue weighted by Gasteiger charge is -2.41. The molecule has 0 saturated heterocycles. The second kappa shape index (κ2) is 15.9. The quantitative estimate of drug-likeness (QED) is 0.153. The molecule has 0 bridgehead atoms. The van der Waals surface area contributed by atoms with Crippen LogP contribution in [0.4, 0.5) is 8.78 Å². The maximum atomic E-state index is 14.9. The number of halogens is 3. The fourth-order valence-electron chi connectivity index (χ4n) is 5.08. The highest BCUT2D eigenvalue weighted by molar-refractivity contribution is 9.09. The lowest BCUT2D eigenvalue weighted by molar-refractivity contribution is -0.140. The first-order valence-electron chi connectivity index (χ1n) is 14.3. The van der Waals surface area contributed by atoms with Gasteiger partial charge >= 0.3 is 0 Å². The van der Waals surface area contributed by atoms with Gasteiger partial charge in [-0.05, 0) is 41.7 Å². The standard InChI is InChI=1S/C32H40BrF2N5O4/c1-32(2,3)30(40(29(43)20-41)14-11-26(36)31(44)38-13-12-37-28(42)17-33)27-15-22(24-16-23(34)9-10-25(24)35)19-39(27)18-21-7-5-4-6-8-21/h4-10,15-16,19,26,30,41H,11-14,17-18,20,36H2,1-3H3,(H,37,42)(H,38,44)/t26-,30?/m0/s1. The van der Waals surface area contributed by atoms with Gasteiger partial charge in [0.1, 0.15) is 18.2 Å². The van der Waals surface area contributed by atoms with Crippen molar-refractivity contribution >= 4 is 33.7 Å². The van der Waals surface area contributed by atoms with Gasteiger partial charge in [-0.1, -0.05) is 67.0 Å². The molecular formula is C32H40BrF2N5O4. The van der Waals surface area contributed by atoms with Crippen molar-refractivity contribution in [3.8, 4) is 11.1 Å². The van der Waals surface area contributed by atoms with E-state index in [4.69, 9.17) is 5.73 Å². The lowest BCUT2D eigenvalue weighted by atomic mass is 9.82. The zero-order chi connectivity index (χ0) is 32.4. The van der Waals surface area contributed by atoms with Crippen LogP contribution in [-0.2, 0) is 20.9 Å². The van der Waals surface area contributed by atoms with E-state index in [-0.39, 0.29) is 42.9 Å². The molecule has 9 nitrogen and oxygen atoms in total. The molecule has 3 rings (SSSR count). The van der Waals surface area contributed by atoms with Gasteiger partial charge in [0.2, 0.25) is 17.7 Å². The van der Waals surface area contributed by atoms with Crippen molar-refractivity contribution in [1.29, 1.82) is 0 Å². The van der Waals surface area contributed by atoms with Crippen molar-refractivity contribution in [2.45, 2.75) is 45.8 Å². The van der Waals surface area contributed by atoms with Gasteiger partial charge in [-0.2, -0.15) is 0 Å². The Bertz CT molecular complexity index is 1430. The zero-order valence-corrected chi connectivity index (χ0v) is 26.7. The summed E-state index contributed by atoms with van der Waals surface area (Å²) in [6.45, 7) is 5.87. The molecule has 238 valence electrons. The number of hydrogen-bond acceptors (Lipinski definition) is 5. The van der Waals surface area contributed by atoms with Gasteiger partial charge in [0.05, 0.1) is 17.4 Å². The first-order valence-corrected chi connectivity index (χ1v) is 15.4. The van der Waals surface area contributed by atoms with Crippen LogP contribution in [-0.4, -0.2) is 69.9 Å². The molecule has 0 aliphatic carbocycles. The Labute approximate surface area is 264 Å². The first kappa shape index (κ1) is 34.9. The second-order valence-corrected chi connectivity index (χ2v) is 12.1. The van der Waals surface area contributed by atoms with Crippen LogP contribution in [0.3, 0.4) is 0 Å². The van der Waals surface area contributed by atoms with E-state index in [0.29, 0.717) is 17.8 Å². The van der Waals surface area contributed by atoms with Crippen LogP contribution in [0.5, 0.6) is 0 Å². The summed E-state index contributed by atoms with van der Waals surface area (Å²) in [6, 6.07) is 13.0. The molecule has 1 unspecified atom stereocenters. The van der Waals surface area contributed by atoms with Gasteiger partial charge in [-0.3, -0.25) is 14.4 Å². The van der Waals surface area contributed by atoms with Crippen LogP contribution in [0.1, 0.15) is 44.5 Å². The van der Waals surface area contributed by atoms with E-state index < -0.39 is 47.6 Å². The number of rotatable bonds is 14. The van der Waals surface area contributed by atoms with Crippen LogP contribution in [0.25, 0.3) is 11.1 Å². The minimum absolute atomic E-state index is 0.0381. The van der Waals surface area contributed by atoms with Crippen molar-refractivity contribution in [2.24, 2.45) is 11.1 Å². The molecule has 12 heteroatoms. The number of hydrogen-bond donors (Lipinski definition) is 4. The maximum Gasteiger partial charge on any atom is 0.248 e. The van der Waals surface area contributed by atoms with Gasteiger partial charge in [0.15, 0.2) is 0 Å². The number of aliphatic hydroxyl groups is 1. The number of carbonyl (C=O) groups excluding carboxylic acids is 3. The minimum atomic E-state index is -0.968. The summed E-state index contributed by atoms with van der Waals surface area (Å²) >= 11 is 3.05. The smallest absolute Gasteiger partial charge is 0.248 e. The molecule has 3 aromatic rings. The molecule has 0 aliphatic heterocycles. The molecule has 0 radical (unpaired) electrons. The molecule has 0 aliphatic rings. The maximum absolute atomic E-state index is 14.9. The first-order chi connectivity index (χ1) is 20.8. The highest BCUT2D eigenvalue weighted by Gasteiger charge is 2.37. The molecule has 0 saturated carbocycles. The summed E-state index contributed by atoms with van der Waals surface area (Å²) < 4.78 is 31.0. The molecule has 1 heterocycles. The average Bonchev–Trinajstić information content (AvgIpc) is 3.39. The Morgan fingerprint density at radius 2 is 1.73 bits per heavy atom. The molecule has 0 spiro atoms. The van der Waals surface area contributed by atoms with E-state index in [0.717, 1.165) is 23.8 Å². The number of nitrogens with one attached hydrogen (secondary N) is 2. The van der Waals surface area contributed by atoms with Crippen LogP contribution in [0, 0.1) is 17.0 Å². The fourth-order valence-corrected chi connectivity index (χ4v) is 5.27. The summed E-state index contributed by atoms with van der Waals surface area (Å²) in [5.41, 5.74) is 7.68. The van der Waals surface area contributed by atoms with Gasteiger partial charge in [0.25, 0.3) is 0 Å². The van der Waals surface area contributed by atoms with Gasteiger partial charge < -0.3 is 30.9 Å². The number of benzene rings is 2. The number of alkyl halides is 1. The molecule has 1 aromatic heterocycles. The summed E-state index contributed by atoms with van der Waals surface area (Å²) in [5.74, 6) is -2.40. The Morgan fingerprint density at radius 3 is 2.36 bits per heavy atom. The van der Waals surface area contributed by atoms with E-state index in [1.807, 2.05) is 55.7 Å². The SMILES string of the molecule is CC(C)(C)C(c1cc(-c2cc(F)ccc2F)cn1Cc1ccccc1)N(CC[C@H](N)C(=O)NCCNC(=O)CBr)C(=O)CO. The molecule has 5 N–H and O–H groups in total. The largest absolute Gasteiger partial charge is 0.387 e. The van der Waals surface area contributed by atoms with Crippen molar-refractivity contribution in [1.82, 2.24) is 20.1 Å². The Kier molecular flexibility index (Phi) is 12.6. The third-order valence-corrected chi connectivity index (χ3v) is 7.63. The highest BCUT2D eigenvalue weighted by Crippen LogP contribution is 2.41. The fraction of sp³-hybridized carbons (Fsp3) is 0.406. The predicted molar refractivity (Wildman–Crippen MR) is 169 cm³/mol. The second-order valence-electron chi connectivity index (χ2n) is 11.6. The predicted octanol–water partition coefficient (Wildman–Crippen LogP) is 3.73. The van der Waals surface area contributed by atoms with E-state index in [1.54, 1.807) is 12.3 Å². The number of carbonyl (C=O) groups is 3. The van der Waals surface area contributed by atoms with Crippen molar-refractivity contribution < 1.29 is 28.3 Å². The summed E-state index contributed by atoms with van der Waals surface area (Å²) in [4.78, 5) is 38.8. The molecule has 3 amide bonds. The number of amides is 3. The Hall–Kier alpha value is -3.61. The van der Waals surface area contributed by atoms with Crippen LogP contribution in [0.15, 0.2) is 60.8 Å².